The van der Waals surface area contributed by atoms with Gasteiger partial charge in [-0.15, -0.1) is 12.6 Å². The van der Waals surface area contributed by atoms with Crippen LogP contribution in [-0.4, -0.2) is 11.9 Å². The lowest BCUT2D eigenvalue weighted by molar-refractivity contribution is 0.0931. The predicted octanol–water partition coefficient (Wildman–Crippen LogP) is 4.37. The Morgan fingerprint density at radius 3 is 2.63 bits per heavy atom. The van der Waals surface area contributed by atoms with Gasteiger partial charge >= 0.3 is 0 Å². The molecule has 0 aromatic heterocycles. The monoisotopic (exact) mass is 279 g/mol. The molecule has 0 aliphatic heterocycles. The topological polar surface area (TPSA) is 29.1 Å². The number of carbonyl (C=O) groups excluding carboxylic acids is 1. The van der Waals surface area contributed by atoms with E-state index in [9.17, 15) is 4.79 Å². The average Bonchev–Trinajstić information content (AvgIpc) is 2.39. The number of carbonyl (C=O) groups is 1. The molecule has 0 aliphatic rings. The summed E-state index contributed by atoms with van der Waals surface area (Å²) in [6, 6.07) is 5.99. The third-order valence-corrected chi connectivity index (χ3v) is 3.62. The Morgan fingerprint density at radius 1 is 1.26 bits per heavy atom. The van der Waals surface area contributed by atoms with Crippen molar-refractivity contribution in [2.24, 2.45) is 0 Å². The first kappa shape index (κ1) is 16.1. The zero-order chi connectivity index (χ0) is 14.3. The molecule has 0 bridgehead atoms. The van der Waals surface area contributed by atoms with Crippen LogP contribution in [0.15, 0.2) is 23.1 Å². The SMILES string of the molecule is CCCCC(CCC)NC(=O)c1cc(S)ccc1C. The van der Waals surface area contributed by atoms with E-state index >= 15 is 0 Å². The number of aryl methyl sites for hydroxylation is 1. The van der Waals surface area contributed by atoms with Gasteiger partial charge in [0.05, 0.1) is 0 Å². The number of thiol groups is 1. The van der Waals surface area contributed by atoms with Crippen LogP contribution in [0.4, 0.5) is 0 Å². The van der Waals surface area contributed by atoms with Gasteiger partial charge in [-0.1, -0.05) is 39.2 Å². The van der Waals surface area contributed by atoms with Crippen molar-refractivity contribution < 1.29 is 4.79 Å². The Kier molecular flexibility index (Phi) is 7.00. The summed E-state index contributed by atoms with van der Waals surface area (Å²) in [4.78, 5) is 13.2. The second-order valence-electron chi connectivity index (χ2n) is 5.10. The minimum atomic E-state index is 0.0305. The number of rotatable bonds is 7. The fourth-order valence-corrected chi connectivity index (χ4v) is 2.41. The molecule has 1 atom stereocenters. The van der Waals surface area contributed by atoms with Crippen LogP contribution < -0.4 is 5.32 Å². The van der Waals surface area contributed by atoms with Crippen molar-refractivity contribution in [3.8, 4) is 0 Å². The van der Waals surface area contributed by atoms with Gasteiger partial charge in [0, 0.05) is 16.5 Å². The van der Waals surface area contributed by atoms with Crippen LogP contribution >= 0.6 is 12.6 Å². The van der Waals surface area contributed by atoms with Crippen LogP contribution in [0.3, 0.4) is 0 Å². The van der Waals surface area contributed by atoms with Crippen molar-refractivity contribution in [2.75, 3.05) is 0 Å². The molecule has 1 rings (SSSR count). The molecule has 1 aromatic carbocycles. The zero-order valence-corrected chi connectivity index (χ0v) is 13.1. The van der Waals surface area contributed by atoms with Gasteiger partial charge in [0.25, 0.3) is 5.91 Å². The second kappa shape index (κ2) is 8.26. The number of benzene rings is 1. The maximum absolute atomic E-state index is 12.3. The molecule has 0 aliphatic carbocycles. The minimum Gasteiger partial charge on any atom is -0.349 e. The van der Waals surface area contributed by atoms with Gasteiger partial charge in [-0.05, 0) is 37.5 Å². The predicted molar refractivity (Wildman–Crippen MR) is 84.1 cm³/mol. The van der Waals surface area contributed by atoms with Crippen molar-refractivity contribution in [3.05, 3.63) is 29.3 Å². The highest BCUT2D eigenvalue weighted by atomic mass is 32.1. The Morgan fingerprint density at radius 2 is 2.00 bits per heavy atom. The van der Waals surface area contributed by atoms with Crippen LogP contribution in [0.5, 0.6) is 0 Å². The summed E-state index contributed by atoms with van der Waals surface area (Å²) < 4.78 is 0. The summed E-state index contributed by atoms with van der Waals surface area (Å²) >= 11 is 4.30. The molecule has 0 heterocycles. The summed E-state index contributed by atoms with van der Waals surface area (Å²) in [5.74, 6) is 0.0305. The van der Waals surface area contributed by atoms with Gasteiger partial charge in [0.1, 0.15) is 0 Å². The molecule has 0 spiro atoms. The van der Waals surface area contributed by atoms with Gasteiger partial charge in [0.15, 0.2) is 0 Å². The van der Waals surface area contributed by atoms with Crippen LogP contribution in [-0.2, 0) is 0 Å². The molecule has 2 nitrogen and oxygen atoms in total. The average molecular weight is 279 g/mol. The summed E-state index contributed by atoms with van der Waals surface area (Å²) in [5, 5.41) is 3.16. The molecule has 0 radical (unpaired) electrons. The van der Waals surface area contributed by atoms with E-state index in [-0.39, 0.29) is 5.91 Å². The first-order chi connectivity index (χ1) is 9.08. The molecule has 1 amide bonds. The molecule has 19 heavy (non-hydrogen) atoms. The van der Waals surface area contributed by atoms with Crippen molar-refractivity contribution in [1.82, 2.24) is 5.32 Å². The van der Waals surface area contributed by atoms with Crippen LogP contribution in [0.1, 0.15) is 61.9 Å². The van der Waals surface area contributed by atoms with Gasteiger partial charge in [-0.25, -0.2) is 0 Å². The molecule has 1 unspecified atom stereocenters. The lowest BCUT2D eigenvalue weighted by Crippen LogP contribution is -2.35. The van der Waals surface area contributed by atoms with E-state index in [1.807, 2.05) is 25.1 Å². The Balaban J connectivity index is 2.72. The summed E-state index contributed by atoms with van der Waals surface area (Å²) in [6.07, 6.45) is 5.54. The lowest BCUT2D eigenvalue weighted by atomic mass is 10.0. The zero-order valence-electron chi connectivity index (χ0n) is 12.2. The Labute approximate surface area is 122 Å². The largest absolute Gasteiger partial charge is 0.349 e. The third-order valence-electron chi connectivity index (χ3n) is 3.34. The molecule has 1 N–H and O–H groups in total. The van der Waals surface area contributed by atoms with E-state index in [0.717, 1.165) is 41.7 Å². The van der Waals surface area contributed by atoms with Gasteiger partial charge in [0.2, 0.25) is 0 Å². The number of hydrogen-bond donors (Lipinski definition) is 2. The minimum absolute atomic E-state index is 0.0305. The van der Waals surface area contributed by atoms with E-state index in [2.05, 4.69) is 31.8 Å². The van der Waals surface area contributed by atoms with E-state index in [0.29, 0.717) is 6.04 Å². The van der Waals surface area contributed by atoms with Gasteiger partial charge in [-0.3, -0.25) is 4.79 Å². The fourth-order valence-electron chi connectivity index (χ4n) is 2.21. The van der Waals surface area contributed by atoms with Gasteiger partial charge in [-0.2, -0.15) is 0 Å². The first-order valence-corrected chi connectivity index (χ1v) is 7.63. The van der Waals surface area contributed by atoms with Crippen molar-refractivity contribution in [2.45, 2.75) is 63.8 Å². The number of nitrogens with one attached hydrogen (secondary N) is 1. The molecule has 1 aromatic rings. The van der Waals surface area contributed by atoms with Gasteiger partial charge < -0.3 is 5.32 Å². The molecular formula is C16H25NOS. The summed E-state index contributed by atoms with van der Waals surface area (Å²) in [5.41, 5.74) is 1.74. The highest BCUT2D eigenvalue weighted by Crippen LogP contribution is 2.15. The summed E-state index contributed by atoms with van der Waals surface area (Å²) in [7, 11) is 0. The van der Waals surface area contributed by atoms with E-state index < -0.39 is 0 Å². The van der Waals surface area contributed by atoms with Crippen LogP contribution in [0, 0.1) is 6.92 Å². The fraction of sp³-hybridized carbons (Fsp3) is 0.562. The standard InChI is InChI=1S/C16H25NOS/c1-4-6-8-13(7-5-2)17-16(18)15-11-14(19)10-9-12(15)3/h9-11,13,19H,4-8H2,1-3H3,(H,17,18). The van der Waals surface area contributed by atoms with Crippen molar-refractivity contribution in [3.63, 3.8) is 0 Å². The van der Waals surface area contributed by atoms with Crippen molar-refractivity contribution >= 4 is 18.5 Å². The molecular weight excluding hydrogens is 254 g/mol. The normalized spacial score (nSPS) is 12.2. The van der Waals surface area contributed by atoms with Crippen molar-refractivity contribution in [1.29, 1.82) is 0 Å². The van der Waals surface area contributed by atoms with E-state index in [1.54, 1.807) is 0 Å². The molecule has 0 saturated heterocycles. The summed E-state index contributed by atoms with van der Waals surface area (Å²) in [6.45, 7) is 6.30. The number of hydrogen-bond acceptors (Lipinski definition) is 2. The Hall–Kier alpha value is -0.960. The maximum atomic E-state index is 12.3. The molecule has 3 heteroatoms. The quantitative estimate of drug-likeness (QED) is 0.713. The third kappa shape index (κ3) is 5.27. The smallest absolute Gasteiger partial charge is 0.251 e. The highest BCUT2D eigenvalue weighted by Gasteiger charge is 2.14. The van der Waals surface area contributed by atoms with Crippen LogP contribution in [0.25, 0.3) is 0 Å². The molecule has 0 saturated carbocycles. The maximum Gasteiger partial charge on any atom is 0.251 e. The van der Waals surface area contributed by atoms with E-state index in [1.165, 1.54) is 6.42 Å². The molecule has 106 valence electrons. The lowest BCUT2D eigenvalue weighted by Gasteiger charge is -2.18. The number of amides is 1. The molecule has 0 fully saturated rings. The van der Waals surface area contributed by atoms with Crippen LogP contribution in [0.2, 0.25) is 0 Å². The second-order valence-corrected chi connectivity index (χ2v) is 5.62. The first-order valence-electron chi connectivity index (χ1n) is 7.19. The highest BCUT2D eigenvalue weighted by molar-refractivity contribution is 7.80. The van der Waals surface area contributed by atoms with E-state index in [4.69, 9.17) is 0 Å². The number of unbranched alkanes of at least 4 members (excludes halogenated alkanes) is 1. The Bertz CT molecular complexity index is 417.